The average molecular weight is 262 g/mol. The third kappa shape index (κ3) is 2.43. The van der Waals surface area contributed by atoms with Gasteiger partial charge >= 0.3 is 0 Å². The van der Waals surface area contributed by atoms with Crippen LogP contribution in [-0.2, 0) is 0 Å². The predicted molar refractivity (Wildman–Crippen MR) is 84.4 cm³/mol. The first-order valence-corrected chi connectivity index (χ1v) is 6.98. The number of pyridine rings is 1. The second-order valence-corrected chi connectivity index (χ2v) is 5.05. The van der Waals surface area contributed by atoms with Gasteiger partial charge in [0, 0.05) is 17.6 Å². The Labute approximate surface area is 119 Å². The third-order valence-electron chi connectivity index (χ3n) is 3.69. The number of aromatic nitrogens is 1. The van der Waals surface area contributed by atoms with Crippen LogP contribution in [0.5, 0.6) is 0 Å². The number of hydrogen-bond acceptors (Lipinski definition) is 2. The monoisotopic (exact) mass is 262 g/mol. The van der Waals surface area contributed by atoms with Gasteiger partial charge in [-0.05, 0) is 41.3 Å². The maximum Gasteiger partial charge on any atom is 0.0708 e. The van der Waals surface area contributed by atoms with Crippen molar-refractivity contribution in [3.05, 3.63) is 66.4 Å². The molecule has 20 heavy (non-hydrogen) atoms. The molecule has 1 heterocycles. The average Bonchev–Trinajstić information content (AvgIpc) is 2.53. The molecule has 0 bridgehead atoms. The molecule has 0 spiro atoms. The zero-order valence-corrected chi connectivity index (χ0v) is 11.6. The Hall–Kier alpha value is -2.19. The molecule has 0 aliphatic heterocycles. The summed E-state index contributed by atoms with van der Waals surface area (Å²) >= 11 is 0. The van der Waals surface area contributed by atoms with E-state index in [-0.39, 0.29) is 6.04 Å². The molecule has 0 aliphatic rings. The lowest BCUT2D eigenvalue weighted by Crippen LogP contribution is -2.08. The minimum Gasteiger partial charge on any atom is -0.324 e. The molecule has 0 radical (unpaired) electrons. The summed E-state index contributed by atoms with van der Waals surface area (Å²) in [6.07, 6.45) is 2.78. The van der Waals surface area contributed by atoms with Gasteiger partial charge in [-0.1, -0.05) is 43.3 Å². The van der Waals surface area contributed by atoms with Crippen molar-refractivity contribution in [2.75, 3.05) is 0 Å². The molecule has 0 amide bonds. The summed E-state index contributed by atoms with van der Waals surface area (Å²) in [4.78, 5) is 4.42. The van der Waals surface area contributed by atoms with Crippen LogP contribution in [0, 0.1) is 0 Å². The number of nitrogens with two attached hydrogens (primary N) is 1. The van der Waals surface area contributed by atoms with Crippen LogP contribution in [-0.4, -0.2) is 4.98 Å². The highest BCUT2D eigenvalue weighted by Gasteiger charge is 2.05. The molecule has 100 valence electrons. The normalized spacial score (nSPS) is 12.5. The van der Waals surface area contributed by atoms with Crippen LogP contribution < -0.4 is 5.73 Å². The molecular weight excluding hydrogens is 244 g/mol. The van der Waals surface area contributed by atoms with Crippen molar-refractivity contribution in [1.29, 1.82) is 0 Å². The van der Waals surface area contributed by atoms with E-state index >= 15 is 0 Å². The molecule has 0 saturated heterocycles. The Morgan fingerprint density at radius 3 is 2.70 bits per heavy atom. The second-order valence-electron chi connectivity index (χ2n) is 5.05. The first-order chi connectivity index (χ1) is 9.78. The Morgan fingerprint density at radius 2 is 1.85 bits per heavy atom. The number of hydrogen-bond donors (Lipinski definition) is 1. The van der Waals surface area contributed by atoms with Crippen LogP contribution in [0.2, 0.25) is 0 Å². The van der Waals surface area contributed by atoms with E-state index in [1.165, 1.54) is 16.7 Å². The molecule has 2 heteroatoms. The van der Waals surface area contributed by atoms with Crippen molar-refractivity contribution < 1.29 is 0 Å². The van der Waals surface area contributed by atoms with Gasteiger partial charge in [0.2, 0.25) is 0 Å². The summed E-state index contributed by atoms with van der Waals surface area (Å²) in [6, 6.07) is 19.0. The van der Waals surface area contributed by atoms with Crippen LogP contribution in [0.25, 0.3) is 22.0 Å². The first-order valence-electron chi connectivity index (χ1n) is 6.98. The third-order valence-corrected chi connectivity index (χ3v) is 3.69. The molecule has 1 unspecified atom stereocenters. The molecule has 2 aromatic carbocycles. The second kappa shape index (κ2) is 5.43. The van der Waals surface area contributed by atoms with Gasteiger partial charge in [-0.2, -0.15) is 0 Å². The maximum absolute atomic E-state index is 6.12. The van der Waals surface area contributed by atoms with Crippen molar-refractivity contribution in [1.82, 2.24) is 4.98 Å². The highest BCUT2D eigenvalue weighted by molar-refractivity contribution is 5.84. The van der Waals surface area contributed by atoms with Crippen LogP contribution in [0.1, 0.15) is 24.9 Å². The zero-order valence-electron chi connectivity index (χ0n) is 11.6. The van der Waals surface area contributed by atoms with Gasteiger partial charge in [-0.3, -0.25) is 4.98 Å². The van der Waals surface area contributed by atoms with E-state index in [0.717, 1.165) is 17.3 Å². The fourth-order valence-corrected chi connectivity index (χ4v) is 2.43. The minimum absolute atomic E-state index is 0.105. The quantitative estimate of drug-likeness (QED) is 0.763. The van der Waals surface area contributed by atoms with E-state index in [2.05, 4.69) is 60.4 Å². The van der Waals surface area contributed by atoms with Gasteiger partial charge in [0.05, 0.1) is 5.52 Å². The summed E-state index contributed by atoms with van der Waals surface area (Å²) in [5, 5.41) is 1.16. The summed E-state index contributed by atoms with van der Waals surface area (Å²) in [5.41, 5.74) is 10.7. The van der Waals surface area contributed by atoms with E-state index in [4.69, 9.17) is 5.73 Å². The molecule has 0 aliphatic carbocycles. The lowest BCUT2D eigenvalue weighted by molar-refractivity contribution is 0.699. The standard InChI is InChI=1S/C18H18N2/c1-2-17(19)16-6-3-5-14(11-16)15-9-8-13-7-4-10-20-18(13)12-15/h3-12,17H,2,19H2,1H3. The molecule has 2 nitrogen and oxygen atoms in total. The van der Waals surface area contributed by atoms with Crippen molar-refractivity contribution in [3.63, 3.8) is 0 Å². The molecule has 1 aromatic heterocycles. The van der Waals surface area contributed by atoms with Gasteiger partial charge in [0.25, 0.3) is 0 Å². The lowest BCUT2D eigenvalue weighted by Gasteiger charge is -2.11. The van der Waals surface area contributed by atoms with Crippen molar-refractivity contribution in [3.8, 4) is 11.1 Å². The van der Waals surface area contributed by atoms with Gasteiger partial charge in [-0.25, -0.2) is 0 Å². The van der Waals surface area contributed by atoms with Crippen molar-refractivity contribution in [2.45, 2.75) is 19.4 Å². The zero-order chi connectivity index (χ0) is 13.9. The molecule has 3 rings (SSSR count). The SMILES string of the molecule is CCC(N)c1cccc(-c2ccc3cccnc3c2)c1. The van der Waals surface area contributed by atoms with Crippen molar-refractivity contribution >= 4 is 10.9 Å². The highest BCUT2D eigenvalue weighted by atomic mass is 14.6. The van der Waals surface area contributed by atoms with Crippen LogP contribution in [0.4, 0.5) is 0 Å². The van der Waals surface area contributed by atoms with E-state index in [0.29, 0.717) is 0 Å². The van der Waals surface area contributed by atoms with Crippen LogP contribution >= 0.6 is 0 Å². The van der Waals surface area contributed by atoms with Gasteiger partial charge < -0.3 is 5.73 Å². The number of fused-ring (bicyclic) bond motifs is 1. The fourth-order valence-electron chi connectivity index (χ4n) is 2.43. The lowest BCUT2D eigenvalue weighted by atomic mass is 9.98. The Balaban J connectivity index is 2.06. The van der Waals surface area contributed by atoms with Gasteiger partial charge in [0.1, 0.15) is 0 Å². The highest BCUT2D eigenvalue weighted by Crippen LogP contribution is 2.26. The van der Waals surface area contributed by atoms with E-state index in [1.807, 2.05) is 12.3 Å². The number of rotatable bonds is 3. The van der Waals surface area contributed by atoms with Gasteiger partial charge in [0.15, 0.2) is 0 Å². The molecule has 1 atom stereocenters. The number of benzene rings is 2. The molecule has 0 fully saturated rings. The summed E-state index contributed by atoms with van der Waals surface area (Å²) < 4.78 is 0. The van der Waals surface area contributed by atoms with Gasteiger partial charge in [-0.15, -0.1) is 0 Å². The van der Waals surface area contributed by atoms with Crippen LogP contribution in [0.15, 0.2) is 60.8 Å². The first kappa shape index (κ1) is 12.8. The summed E-state index contributed by atoms with van der Waals surface area (Å²) in [5.74, 6) is 0. The molecule has 2 N–H and O–H groups in total. The summed E-state index contributed by atoms with van der Waals surface area (Å²) in [7, 11) is 0. The molecular formula is C18H18N2. The Morgan fingerprint density at radius 1 is 1.00 bits per heavy atom. The fraction of sp³-hybridized carbons (Fsp3) is 0.167. The molecule has 3 aromatic rings. The largest absolute Gasteiger partial charge is 0.324 e. The molecule has 0 saturated carbocycles. The topological polar surface area (TPSA) is 38.9 Å². The minimum atomic E-state index is 0.105. The Bertz CT molecular complexity index is 734. The van der Waals surface area contributed by atoms with E-state index in [1.54, 1.807) is 0 Å². The maximum atomic E-state index is 6.12. The Kier molecular flexibility index (Phi) is 3.48. The predicted octanol–water partition coefficient (Wildman–Crippen LogP) is 4.31. The van der Waals surface area contributed by atoms with Crippen molar-refractivity contribution in [2.24, 2.45) is 5.73 Å². The van der Waals surface area contributed by atoms with E-state index < -0.39 is 0 Å². The summed E-state index contributed by atoms with van der Waals surface area (Å²) in [6.45, 7) is 2.11. The number of nitrogens with zero attached hydrogens (tertiary/aromatic N) is 1. The van der Waals surface area contributed by atoms with Crippen LogP contribution in [0.3, 0.4) is 0 Å². The smallest absolute Gasteiger partial charge is 0.0708 e. The van der Waals surface area contributed by atoms with E-state index in [9.17, 15) is 0 Å².